The molecule has 0 radical (unpaired) electrons. The fraction of sp³-hybridized carbons (Fsp3) is 0.667. The highest BCUT2D eigenvalue weighted by atomic mass is 16.6. The summed E-state index contributed by atoms with van der Waals surface area (Å²) in [6.45, 7) is 10.5. The van der Waals surface area contributed by atoms with Gasteiger partial charge in [-0.3, -0.25) is 4.79 Å². The van der Waals surface area contributed by atoms with Crippen LogP contribution in [0.4, 0.5) is 4.79 Å². The smallest absolute Gasteiger partial charge is 0.410 e. The summed E-state index contributed by atoms with van der Waals surface area (Å²) < 4.78 is 16.5. The SMILES string of the molecule is COc1ccc(OC)c2c1CN(C(=O)C1CCN(C(=O)OC(C)(C)C)C1C(C)C)CC2O. The Bertz CT molecular complexity index is 863. The van der Waals surface area contributed by atoms with Crippen molar-refractivity contribution in [2.45, 2.75) is 65.3 Å². The zero-order valence-corrected chi connectivity index (χ0v) is 20.2. The van der Waals surface area contributed by atoms with E-state index in [4.69, 9.17) is 14.2 Å². The Morgan fingerprint density at radius 1 is 1.12 bits per heavy atom. The number of aliphatic hydroxyl groups excluding tert-OH is 1. The second kappa shape index (κ2) is 9.17. The highest BCUT2D eigenvalue weighted by molar-refractivity contribution is 5.82. The van der Waals surface area contributed by atoms with Crippen LogP contribution in [0.5, 0.6) is 11.5 Å². The third-order valence-corrected chi connectivity index (χ3v) is 6.18. The molecule has 1 aromatic carbocycles. The summed E-state index contributed by atoms with van der Waals surface area (Å²) in [6, 6.07) is 3.29. The lowest BCUT2D eigenvalue weighted by molar-refractivity contribution is -0.139. The van der Waals surface area contributed by atoms with Crippen molar-refractivity contribution in [2.75, 3.05) is 27.3 Å². The molecule has 178 valence electrons. The van der Waals surface area contributed by atoms with E-state index < -0.39 is 11.7 Å². The number of likely N-dealkylation sites (tertiary alicyclic amines) is 1. The molecular weight excluding hydrogens is 412 g/mol. The monoisotopic (exact) mass is 448 g/mol. The Morgan fingerprint density at radius 2 is 1.75 bits per heavy atom. The highest BCUT2D eigenvalue weighted by Crippen LogP contribution is 2.41. The number of benzene rings is 1. The number of aliphatic hydroxyl groups is 1. The van der Waals surface area contributed by atoms with Gasteiger partial charge in [0.05, 0.1) is 26.7 Å². The lowest BCUT2D eigenvalue weighted by Gasteiger charge is -2.38. The maximum Gasteiger partial charge on any atom is 0.410 e. The molecule has 0 aliphatic carbocycles. The zero-order chi connectivity index (χ0) is 23.8. The van der Waals surface area contributed by atoms with E-state index in [0.29, 0.717) is 36.6 Å². The van der Waals surface area contributed by atoms with Gasteiger partial charge >= 0.3 is 6.09 Å². The predicted octanol–water partition coefficient (Wildman–Crippen LogP) is 3.36. The summed E-state index contributed by atoms with van der Waals surface area (Å²) in [5.74, 6) is 0.852. The van der Waals surface area contributed by atoms with Crippen LogP contribution in [0, 0.1) is 11.8 Å². The van der Waals surface area contributed by atoms with Crippen LogP contribution in [0.1, 0.15) is 58.3 Å². The molecule has 2 aliphatic rings. The molecule has 0 aromatic heterocycles. The molecular formula is C24H36N2O6. The van der Waals surface area contributed by atoms with Crippen LogP contribution in [0.3, 0.4) is 0 Å². The Balaban J connectivity index is 1.85. The number of methoxy groups -OCH3 is 2. The maximum absolute atomic E-state index is 13.6. The number of hydrogen-bond acceptors (Lipinski definition) is 6. The molecule has 3 rings (SSSR count). The van der Waals surface area contributed by atoms with Crippen molar-refractivity contribution >= 4 is 12.0 Å². The van der Waals surface area contributed by atoms with Crippen LogP contribution in [0.25, 0.3) is 0 Å². The van der Waals surface area contributed by atoms with E-state index in [1.54, 1.807) is 36.2 Å². The number of β-amino-alcohol motifs (C(OH)–C–C–N with tert-alkyl or cyclic N) is 1. The van der Waals surface area contributed by atoms with Gasteiger partial charge in [-0.05, 0) is 45.2 Å². The molecule has 0 spiro atoms. The van der Waals surface area contributed by atoms with Crippen LogP contribution in [-0.4, -0.2) is 65.9 Å². The second-order valence-corrected chi connectivity index (χ2v) is 9.90. The summed E-state index contributed by atoms with van der Waals surface area (Å²) in [6.07, 6.45) is -0.703. The van der Waals surface area contributed by atoms with Crippen molar-refractivity contribution < 1.29 is 28.9 Å². The molecule has 32 heavy (non-hydrogen) atoms. The molecule has 0 saturated carbocycles. The number of fused-ring (bicyclic) bond motifs is 1. The highest BCUT2D eigenvalue weighted by Gasteiger charge is 2.46. The standard InChI is InChI=1S/C24H36N2O6/c1-14(2)21-15(10-11-26(21)23(29)32-24(3,4)5)22(28)25-12-16-18(30-6)8-9-19(31-7)20(16)17(27)13-25/h8-9,14-15,17,21,27H,10-13H2,1-7H3. The normalized spacial score (nSPS) is 23.2. The fourth-order valence-corrected chi connectivity index (χ4v) is 4.92. The van der Waals surface area contributed by atoms with Gasteiger partial charge in [0, 0.05) is 30.3 Å². The Labute approximate surface area is 190 Å². The topological polar surface area (TPSA) is 88.5 Å². The Hall–Kier alpha value is -2.48. The molecule has 1 aromatic rings. The molecule has 2 aliphatic heterocycles. The first-order valence-electron chi connectivity index (χ1n) is 11.2. The van der Waals surface area contributed by atoms with Gasteiger partial charge in [-0.15, -0.1) is 0 Å². The maximum atomic E-state index is 13.6. The van der Waals surface area contributed by atoms with E-state index in [1.807, 2.05) is 34.6 Å². The number of amides is 2. The van der Waals surface area contributed by atoms with Gasteiger partial charge in [0.25, 0.3) is 0 Å². The molecule has 2 heterocycles. The summed E-state index contributed by atoms with van der Waals surface area (Å²) in [5, 5.41) is 10.9. The average Bonchev–Trinajstić information content (AvgIpc) is 3.16. The van der Waals surface area contributed by atoms with Crippen molar-refractivity contribution in [3.05, 3.63) is 23.3 Å². The van der Waals surface area contributed by atoms with E-state index in [9.17, 15) is 14.7 Å². The van der Waals surface area contributed by atoms with E-state index in [0.717, 1.165) is 5.56 Å². The van der Waals surface area contributed by atoms with Gasteiger partial charge in [0.15, 0.2) is 0 Å². The summed E-state index contributed by atoms with van der Waals surface area (Å²) in [5.41, 5.74) is 0.817. The van der Waals surface area contributed by atoms with Crippen molar-refractivity contribution in [2.24, 2.45) is 11.8 Å². The minimum Gasteiger partial charge on any atom is -0.496 e. The molecule has 2 amide bonds. The van der Waals surface area contributed by atoms with Crippen LogP contribution in [-0.2, 0) is 16.1 Å². The molecule has 8 nitrogen and oxygen atoms in total. The number of hydrogen-bond donors (Lipinski definition) is 1. The van der Waals surface area contributed by atoms with E-state index >= 15 is 0 Å². The summed E-state index contributed by atoms with van der Waals surface area (Å²) >= 11 is 0. The van der Waals surface area contributed by atoms with Crippen molar-refractivity contribution in [1.82, 2.24) is 9.80 Å². The summed E-state index contributed by atoms with van der Waals surface area (Å²) in [4.78, 5) is 29.8. The lowest BCUT2D eigenvalue weighted by atomic mass is 9.88. The Kier molecular flexibility index (Phi) is 6.93. The third kappa shape index (κ3) is 4.65. The second-order valence-electron chi connectivity index (χ2n) is 9.90. The molecule has 0 bridgehead atoms. The quantitative estimate of drug-likeness (QED) is 0.760. The van der Waals surface area contributed by atoms with Crippen LogP contribution >= 0.6 is 0 Å². The first-order chi connectivity index (χ1) is 15.0. The van der Waals surface area contributed by atoms with Gasteiger partial charge in [0.1, 0.15) is 23.2 Å². The number of ether oxygens (including phenoxy) is 3. The van der Waals surface area contributed by atoms with E-state index in [1.165, 1.54) is 0 Å². The average molecular weight is 449 g/mol. The van der Waals surface area contributed by atoms with E-state index in [-0.39, 0.29) is 36.4 Å². The zero-order valence-electron chi connectivity index (χ0n) is 20.2. The minimum atomic E-state index is -0.881. The van der Waals surface area contributed by atoms with E-state index in [2.05, 4.69) is 0 Å². The number of rotatable bonds is 4. The largest absolute Gasteiger partial charge is 0.496 e. The summed E-state index contributed by atoms with van der Waals surface area (Å²) in [7, 11) is 3.13. The molecule has 8 heteroatoms. The Morgan fingerprint density at radius 3 is 2.31 bits per heavy atom. The molecule has 1 N–H and O–H groups in total. The van der Waals surface area contributed by atoms with Gasteiger partial charge < -0.3 is 29.1 Å². The van der Waals surface area contributed by atoms with Crippen molar-refractivity contribution in [3.63, 3.8) is 0 Å². The molecule has 1 saturated heterocycles. The molecule has 3 unspecified atom stereocenters. The van der Waals surface area contributed by atoms with Gasteiger partial charge in [-0.25, -0.2) is 4.79 Å². The van der Waals surface area contributed by atoms with Crippen LogP contribution in [0.15, 0.2) is 12.1 Å². The lowest BCUT2D eigenvalue weighted by Crippen LogP contribution is -2.49. The van der Waals surface area contributed by atoms with Crippen molar-refractivity contribution in [3.8, 4) is 11.5 Å². The van der Waals surface area contributed by atoms with Gasteiger partial charge in [0.2, 0.25) is 5.91 Å². The van der Waals surface area contributed by atoms with Gasteiger partial charge in [-0.2, -0.15) is 0 Å². The number of carbonyl (C=O) groups excluding carboxylic acids is 2. The number of nitrogens with zero attached hydrogens (tertiary/aromatic N) is 2. The first-order valence-corrected chi connectivity index (χ1v) is 11.2. The van der Waals surface area contributed by atoms with Crippen molar-refractivity contribution in [1.29, 1.82) is 0 Å². The predicted molar refractivity (Wildman–Crippen MR) is 120 cm³/mol. The van der Waals surface area contributed by atoms with Gasteiger partial charge in [-0.1, -0.05) is 13.8 Å². The molecule has 1 fully saturated rings. The third-order valence-electron chi connectivity index (χ3n) is 6.18. The minimum absolute atomic E-state index is 0.0654. The fourth-order valence-electron chi connectivity index (χ4n) is 4.92. The molecule has 3 atom stereocenters. The first kappa shape index (κ1) is 24.2. The number of carbonyl (C=O) groups is 2. The van der Waals surface area contributed by atoms with Crippen LogP contribution in [0.2, 0.25) is 0 Å². The van der Waals surface area contributed by atoms with Crippen LogP contribution < -0.4 is 9.47 Å².